The van der Waals surface area contributed by atoms with Gasteiger partial charge in [-0.1, -0.05) is 30.9 Å². The largest absolute Gasteiger partial charge is 0.481 e. The summed E-state index contributed by atoms with van der Waals surface area (Å²) < 4.78 is 0. The Bertz CT molecular complexity index is 668. The average Bonchev–Trinajstić information content (AvgIpc) is 2.77. The van der Waals surface area contributed by atoms with Gasteiger partial charge < -0.3 is 10.1 Å². The number of aromatic nitrogens is 1. The third kappa shape index (κ3) is 2.01. The van der Waals surface area contributed by atoms with Gasteiger partial charge in [-0.25, -0.2) is 0 Å². The van der Waals surface area contributed by atoms with Gasteiger partial charge in [0.15, 0.2) is 0 Å². The summed E-state index contributed by atoms with van der Waals surface area (Å²) in [5, 5.41) is 11.4. The number of carboxylic acids is 1. The van der Waals surface area contributed by atoms with Crippen LogP contribution in [-0.2, 0) is 10.2 Å². The number of aryl methyl sites for hydroxylation is 1. The van der Waals surface area contributed by atoms with Crippen LogP contribution < -0.4 is 0 Å². The molecule has 0 saturated heterocycles. The van der Waals surface area contributed by atoms with E-state index in [0.29, 0.717) is 17.9 Å². The van der Waals surface area contributed by atoms with Crippen molar-refractivity contribution in [2.45, 2.75) is 44.4 Å². The molecule has 0 atom stereocenters. The van der Waals surface area contributed by atoms with E-state index in [-0.39, 0.29) is 0 Å². The third-order valence-corrected chi connectivity index (χ3v) is 4.79. The minimum Gasteiger partial charge on any atom is -0.481 e. The Morgan fingerprint density at radius 1 is 1.25 bits per heavy atom. The summed E-state index contributed by atoms with van der Waals surface area (Å²) in [4.78, 5) is 15.2. The van der Waals surface area contributed by atoms with Crippen molar-refractivity contribution in [1.82, 2.24) is 4.98 Å². The summed E-state index contributed by atoms with van der Waals surface area (Å²) >= 11 is 6.40. The molecule has 2 N–H and O–H groups in total. The van der Waals surface area contributed by atoms with E-state index in [0.717, 1.165) is 41.4 Å². The molecule has 0 aliphatic heterocycles. The quantitative estimate of drug-likeness (QED) is 0.861. The highest BCUT2D eigenvalue weighted by Crippen LogP contribution is 2.43. The Kier molecular flexibility index (Phi) is 3.25. The number of benzene rings is 1. The predicted molar refractivity (Wildman–Crippen MR) is 80.4 cm³/mol. The van der Waals surface area contributed by atoms with Gasteiger partial charge in [0.1, 0.15) is 0 Å². The molecule has 0 radical (unpaired) electrons. The predicted octanol–water partition coefficient (Wildman–Crippen LogP) is 4.42. The van der Waals surface area contributed by atoms with E-state index in [4.69, 9.17) is 11.6 Å². The minimum atomic E-state index is -0.817. The van der Waals surface area contributed by atoms with Gasteiger partial charge in [0.2, 0.25) is 0 Å². The topological polar surface area (TPSA) is 53.1 Å². The van der Waals surface area contributed by atoms with Gasteiger partial charge in [0.05, 0.1) is 5.41 Å². The molecule has 1 fully saturated rings. The fourth-order valence-corrected chi connectivity index (χ4v) is 3.77. The lowest BCUT2D eigenvalue weighted by atomic mass is 9.69. The maximum absolute atomic E-state index is 11.9. The monoisotopic (exact) mass is 291 g/mol. The molecule has 2 aromatic rings. The number of aromatic amines is 1. The second kappa shape index (κ2) is 4.81. The minimum absolute atomic E-state index is 0.570. The van der Waals surface area contributed by atoms with E-state index in [1.165, 1.54) is 0 Å². The Hall–Kier alpha value is -1.48. The maximum atomic E-state index is 11.9. The van der Waals surface area contributed by atoms with E-state index >= 15 is 0 Å². The van der Waals surface area contributed by atoms with Gasteiger partial charge in [-0.05, 0) is 43.5 Å². The van der Waals surface area contributed by atoms with Crippen LogP contribution in [0.4, 0.5) is 0 Å². The Labute approximate surface area is 122 Å². The third-order valence-electron chi connectivity index (χ3n) is 4.48. The van der Waals surface area contributed by atoms with Gasteiger partial charge in [-0.3, -0.25) is 4.79 Å². The van der Waals surface area contributed by atoms with Crippen molar-refractivity contribution in [3.05, 3.63) is 34.5 Å². The van der Waals surface area contributed by atoms with Gasteiger partial charge >= 0.3 is 5.97 Å². The first-order chi connectivity index (χ1) is 9.53. The van der Waals surface area contributed by atoms with Crippen LogP contribution in [0.25, 0.3) is 10.9 Å². The summed E-state index contributed by atoms with van der Waals surface area (Å²) in [5.41, 5.74) is 1.97. The summed E-state index contributed by atoms with van der Waals surface area (Å²) in [6.45, 7) is 1.99. The van der Waals surface area contributed by atoms with E-state index in [1.807, 2.05) is 25.1 Å². The number of halogens is 1. The van der Waals surface area contributed by atoms with E-state index in [2.05, 4.69) is 4.98 Å². The van der Waals surface area contributed by atoms with Crippen LogP contribution in [0.5, 0.6) is 0 Å². The van der Waals surface area contributed by atoms with Crippen molar-refractivity contribution in [2.24, 2.45) is 0 Å². The fourth-order valence-electron chi connectivity index (χ4n) is 3.42. The highest BCUT2D eigenvalue weighted by atomic mass is 35.5. The molecule has 0 unspecified atom stereocenters. The Morgan fingerprint density at radius 2 is 1.95 bits per heavy atom. The molecule has 3 rings (SSSR count). The smallest absolute Gasteiger partial charge is 0.314 e. The summed E-state index contributed by atoms with van der Waals surface area (Å²) in [6.07, 6.45) is 4.35. The molecule has 1 aromatic carbocycles. The standard InChI is InChI=1S/C16H18ClNO2/c1-10-7-11-8-13(17)12(9-14(11)18-10)16(15(19)20)5-3-2-4-6-16/h7-9,18H,2-6H2,1H3,(H,19,20). The van der Waals surface area contributed by atoms with E-state index in [9.17, 15) is 9.90 Å². The van der Waals surface area contributed by atoms with Crippen LogP contribution in [0.3, 0.4) is 0 Å². The number of rotatable bonds is 2. The number of hydrogen-bond donors (Lipinski definition) is 2. The van der Waals surface area contributed by atoms with Crippen LogP contribution in [0.15, 0.2) is 18.2 Å². The van der Waals surface area contributed by atoms with Crippen molar-refractivity contribution in [3.63, 3.8) is 0 Å². The molecule has 106 valence electrons. The highest BCUT2D eigenvalue weighted by molar-refractivity contribution is 6.32. The molecule has 3 nitrogen and oxygen atoms in total. The van der Waals surface area contributed by atoms with Crippen LogP contribution in [0, 0.1) is 6.92 Å². The molecule has 0 amide bonds. The second-order valence-corrected chi connectivity index (χ2v) is 6.23. The molecular formula is C16H18ClNO2. The lowest BCUT2D eigenvalue weighted by Crippen LogP contribution is -2.38. The molecule has 1 heterocycles. The molecule has 1 aliphatic carbocycles. The van der Waals surface area contributed by atoms with Crippen molar-refractivity contribution < 1.29 is 9.90 Å². The van der Waals surface area contributed by atoms with Crippen molar-refractivity contribution in [3.8, 4) is 0 Å². The number of fused-ring (bicyclic) bond motifs is 1. The zero-order valence-corrected chi connectivity index (χ0v) is 12.3. The number of hydrogen-bond acceptors (Lipinski definition) is 1. The van der Waals surface area contributed by atoms with E-state index < -0.39 is 11.4 Å². The average molecular weight is 292 g/mol. The molecule has 1 aliphatic rings. The number of aliphatic carboxylic acids is 1. The lowest BCUT2D eigenvalue weighted by molar-refractivity contribution is -0.145. The Morgan fingerprint density at radius 3 is 2.60 bits per heavy atom. The van der Waals surface area contributed by atoms with Crippen LogP contribution >= 0.6 is 11.6 Å². The molecule has 1 aromatic heterocycles. The van der Waals surface area contributed by atoms with Crippen LogP contribution in [0.1, 0.15) is 43.4 Å². The summed E-state index contributed by atoms with van der Waals surface area (Å²) in [5.74, 6) is -0.748. The SMILES string of the molecule is Cc1cc2cc(Cl)c(C3(C(=O)O)CCCCC3)cc2[nH]1. The number of carbonyl (C=O) groups is 1. The normalized spacial score (nSPS) is 18.3. The van der Waals surface area contributed by atoms with Crippen molar-refractivity contribution in [2.75, 3.05) is 0 Å². The molecule has 0 spiro atoms. The van der Waals surface area contributed by atoms with Gasteiger partial charge in [0.25, 0.3) is 0 Å². The van der Waals surface area contributed by atoms with Gasteiger partial charge in [0, 0.05) is 21.6 Å². The maximum Gasteiger partial charge on any atom is 0.314 e. The van der Waals surface area contributed by atoms with Gasteiger partial charge in [-0.2, -0.15) is 0 Å². The van der Waals surface area contributed by atoms with Crippen molar-refractivity contribution >= 4 is 28.5 Å². The molecule has 4 heteroatoms. The lowest BCUT2D eigenvalue weighted by Gasteiger charge is -2.34. The Balaban J connectivity index is 2.19. The zero-order chi connectivity index (χ0) is 14.3. The molecule has 0 bridgehead atoms. The number of carboxylic acid groups (broad SMARTS) is 1. The van der Waals surface area contributed by atoms with Crippen LogP contribution in [0.2, 0.25) is 5.02 Å². The van der Waals surface area contributed by atoms with E-state index in [1.54, 1.807) is 0 Å². The summed E-state index contributed by atoms with van der Waals surface area (Å²) in [7, 11) is 0. The molecule has 1 saturated carbocycles. The van der Waals surface area contributed by atoms with Crippen molar-refractivity contribution in [1.29, 1.82) is 0 Å². The second-order valence-electron chi connectivity index (χ2n) is 5.82. The van der Waals surface area contributed by atoms with Gasteiger partial charge in [-0.15, -0.1) is 0 Å². The number of H-pyrrole nitrogens is 1. The number of nitrogens with one attached hydrogen (secondary N) is 1. The van der Waals surface area contributed by atoms with Crippen LogP contribution in [-0.4, -0.2) is 16.1 Å². The molecule has 20 heavy (non-hydrogen) atoms. The fraction of sp³-hybridized carbons (Fsp3) is 0.438. The first-order valence-corrected chi connectivity index (χ1v) is 7.43. The first kappa shape index (κ1) is 13.5. The first-order valence-electron chi connectivity index (χ1n) is 7.06. The zero-order valence-electron chi connectivity index (χ0n) is 11.5. The highest BCUT2D eigenvalue weighted by Gasteiger charge is 2.42. The summed E-state index contributed by atoms with van der Waals surface area (Å²) in [6, 6.07) is 5.85. The molecular weight excluding hydrogens is 274 g/mol.